The molecule has 8 heteroatoms. The van der Waals surface area contributed by atoms with Gasteiger partial charge in [0.15, 0.2) is 5.78 Å². The van der Waals surface area contributed by atoms with E-state index in [4.69, 9.17) is 9.47 Å². The number of likely N-dealkylation sites (N-methyl/N-ethyl adjacent to an activating group) is 1. The Bertz CT molecular complexity index is 964. The zero-order chi connectivity index (χ0) is 22.6. The fraction of sp³-hybridized carbons (Fsp3) is 0.409. The highest BCUT2D eigenvalue weighted by Gasteiger charge is 2.31. The Kier molecular flexibility index (Phi) is 7.26. The molecular formula is C22H29N3O5. The van der Waals surface area contributed by atoms with Gasteiger partial charge < -0.3 is 24.3 Å². The number of hydrogen-bond acceptors (Lipinski definition) is 5. The van der Waals surface area contributed by atoms with Gasteiger partial charge in [-0.1, -0.05) is 6.07 Å². The molecule has 1 aromatic carbocycles. The molecule has 0 fully saturated rings. The number of nitrogens with one attached hydrogen (secondary N) is 1. The molecule has 1 atom stereocenters. The zero-order valence-corrected chi connectivity index (χ0v) is 18.5. The van der Waals surface area contributed by atoms with E-state index in [1.165, 1.54) is 12.0 Å². The number of ether oxygens (including phenoxy) is 2. The lowest BCUT2D eigenvalue weighted by Crippen LogP contribution is -2.45. The summed E-state index contributed by atoms with van der Waals surface area (Å²) < 4.78 is 11.7. The van der Waals surface area contributed by atoms with E-state index >= 15 is 0 Å². The molecule has 162 valence electrons. The third-order valence-electron chi connectivity index (χ3n) is 5.33. The van der Waals surface area contributed by atoms with Crippen LogP contribution in [0.2, 0.25) is 0 Å². The SMILES string of the molecule is CCN(C(=O)Nc1cccc(OC)c1)C(C)C(=O)c1c(C)c(C(=O)OC)n(C)c1C. The van der Waals surface area contributed by atoms with Crippen LogP contribution in [-0.4, -0.2) is 54.1 Å². The normalized spacial score (nSPS) is 11.6. The zero-order valence-electron chi connectivity index (χ0n) is 18.5. The monoisotopic (exact) mass is 415 g/mol. The number of aromatic nitrogens is 1. The van der Waals surface area contributed by atoms with Crippen molar-refractivity contribution in [1.29, 1.82) is 0 Å². The predicted molar refractivity (Wildman–Crippen MR) is 114 cm³/mol. The van der Waals surface area contributed by atoms with Crippen LogP contribution in [0.15, 0.2) is 24.3 Å². The molecule has 1 heterocycles. The maximum Gasteiger partial charge on any atom is 0.354 e. The van der Waals surface area contributed by atoms with Crippen LogP contribution in [0.3, 0.4) is 0 Å². The van der Waals surface area contributed by atoms with Gasteiger partial charge in [0.2, 0.25) is 0 Å². The fourth-order valence-electron chi connectivity index (χ4n) is 3.57. The molecule has 2 amide bonds. The second-order valence-corrected chi connectivity index (χ2v) is 6.97. The highest BCUT2D eigenvalue weighted by Crippen LogP contribution is 2.25. The third kappa shape index (κ3) is 4.32. The van der Waals surface area contributed by atoms with Gasteiger partial charge in [0.25, 0.3) is 0 Å². The number of carbonyl (C=O) groups is 3. The topological polar surface area (TPSA) is 89.9 Å². The summed E-state index contributed by atoms with van der Waals surface area (Å²) in [6, 6.07) is 5.86. The van der Waals surface area contributed by atoms with Crippen LogP contribution in [0.5, 0.6) is 5.75 Å². The van der Waals surface area contributed by atoms with Gasteiger partial charge in [0.05, 0.1) is 20.3 Å². The summed E-state index contributed by atoms with van der Waals surface area (Å²) in [4.78, 5) is 39.8. The largest absolute Gasteiger partial charge is 0.497 e. The van der Waals surface area contributed by atoms with Gasteiger partial charge in [-0.25, -0.2) is 9.59 Å². The Morgan fingerprint density at radius 1 is 1.20 bits per heavy atom. The maximum absolute atomic E-state index is 13.3. The quantitative estimate of drug-likeness (QED) is 0.552. The van der Waals surface area contributed by atoms with Crippen molar-refractivity contribution in [1.82, 2.24) is 9.47 Å². The van der Waals surface area contributed by atoms with E-state index in [1.807, 2.05) is 0 Å². The number of urea groups is 1. The molecule has 0 saturated heterocycles. The van der Waals surface area contributed by atoms with Crippen molar-refractivity contribution >= 4 is 23.5 Å². The smallest absolute Gasteiger partial charge is 0.354 e. The minimum atomic E-state index is -0.731. The summed E-state index contributed by atoms with van der Waals surface area (Å²) in [5.74, 6) is -0.128. The first kappa shape index (κ1) is 23.0. The minimum absolute atomic E-state index is 0.238. The number of Topliss-reactive ketones (excluding diaryl/α,β-unsaturated/α-hetero) is 1. The van der Waals surface area contributed by atoms with Gasteiger partial charge in [-0.05, 0) is 45.4 Å². The average molecular weight is 415 g/mol. The van der Waals surface area contributed by atoms with Crippen molar-refractivity contribution in [2.45, 2.75) is 33.7 Å². The number of hydrogen-bond donors (Lipinski definition) is 1. The van der Waals surface area contributed by atoms with Crippen molar-refractivity contribution in [2.75, 3.05) is 26.1 Å². The number of esters is 1. The Labute approximate surface area is 176 Å². The lowest BCUT2D eigenvalue weighted by atomic mass is 10.00. The van der Waals surface area contributed by atoms with Gasteiger partial charge in [0.1, 0.15) is 11.4 Å². The summed E-state index contributed by atoms with van der Waals surface area (Å²) in [5, 5.41) is 2.80. The molecule has 1 unspecified atom stereocenters. The molecule has 0 saturated carbocycles. The summed E-state index contributed by atoms with van der Waals surface area (Å²) in [6.07, 6.45) is 0. The van der Waals surface area contributed by atoms with Crippen molar-refractivity contribution < 1.29 is 23.9 Å². The first-order valence-corrected chi connectivity index (χ1v) is 9.67. The number of benzene rings is 1. The van der Waals surface area contributed by atoms with Crippen LogP contribution in [0.1, 0.15) is 46.0 Å². The van der Waals surface area contributed by atoms with Crippen molar-refractivity contribution in [3.8, 4) is 5.75 Å². The standard InChI is InChI=1S/C22H29N3O5/c1-8-25(22(28)23-16-10-9-11-17(12-16)29-6)15(4)20(26)18-13(2)19(21(27)30-7)24(5)14(18)3/h9-12,15H,8H2,1-7H3,(H,23,28). The van der Waals surface area contributed by atoms with Gasteiger partial charge in [-0.15, -0.1) is 0 Å². The second kappa shape index (κ2) is 9.47. The van der Waals surface area contributed by atoms with Crippen LogP contribution in [-0.2, 0) is 11.8 Å². The van der Waals surface area contributed by atoms with Gasteiger partial charge in [0, 0.05) is 36.6 Å². The second-order valence-electron chi connectivity index (χ2n) is 6.97. The molecule has 1 N–H and O–H groups in total. The van der Waals surface area contributed by atoms with E-state index in [0.717, 1.165) is 0 Å². The van der Waals surface area contributed by atoms with Crippen LogP contribution in [0.25, 0.3) is 0 Å². The molecule has 0 radical (unpaired) electrons. The molecule has 0 aliphatic rings. The molecular weight excluding hydrogens is 386 g/mol. The number of carbonyl (C=O) groups excluding carboxylic acids is 3. The fourth-order valence-corrected chi connectivity index (χ4v) is 3.57. The number of ketones is 1. The van der Waals surface area contributed by atoms with Crippen molar-refractivity contribution in [3.63, 3.8) is 0 Å². The average Bonchev–Trinajstić information content (AvgIpc) is 2.95. The summed E-state index contributed by atoms with van der Waals surface area (Å²) >= 11 is 0. The molecule has 1 aromatic heterocycles. The van der Waals surface area contributed by atoms with Gasteiger partial charge >= 0.3 is 12.0 Å². The highest BCUT2D eigenvalue weighted by molar-refractivity contribution is 6.07. The lowest BCUT2D eigenvalue weighted by molar-refractivity contribution is 0.0588. The first-order chi connectivity index (χ1) is 14.2. The Balaban J connectivity index is 2.31. The third-order valence-corrected chi connectivity index (χ3v) is 5.33. The van der Waals surface area contributed by atoms with Crippen molar-refractivity contribution in [2.24, 2.45) is 7.05 Å². The van der Waals surface area contributed by atoms with Crippen LogP contribution in [0.4, 0.5) is 10.5 Å². The van der Waals surface area contributed by atoms with Gasteiger partial charge in [-0.3, -0.25) is 4.79 Å². The molecule has 2 aromatic rings. The molecule has 8 nitrogen and oxygen atoms in total. The Hall–Kier alpha value is -3.29. The predicted octanol–water partition coefficient (Wildman–Crippen LogP) is 3.56. The first-order valence-electron chi connectivity index (χ1n) is 9.67. The molecule has 2 rings (SSSR count). The number of methoxy groups -OCH3 is 2. The Morgan fingerprint density at radius 3 is 2.43 bits per heavy atom. The van der Waals surface area contributed by atoms with E-state index in [9.17, 15) is 14.4 Å². The van der Waals surface area contributed by atoms with E-state index in [-0.39, 0.29) is 5.78 Å². The lowest BCUT2D eigenvalue weighted by Gasteiger charge is -2.27. The molecule has 0 spiro atoms. The molecule has 0 aliphatic carbocycles. The maximum atomic E-state index is 13.3. The van der Waals surface area contributed by atoms with E-state index in [2.05, 4.69) is 5.32 Å². The number of nitrogens with zero attached hydrogens (tertiary/aromatic N) is 2. The van der Waals surface area contributed by atoms with Crippen LogP contribution < -0.4 is 10.1 Å². The number of anilines is 1. The number of amides is 2. The molecule has 0 bridgehead atoms. The molecule has 0 aliphatic heterocycles. The van der Waals surface area contributed by atoms with Crippen LogP contribution in [0, 0.1) is 13.8 Å². The van der Waals surface area contributed by atoms with E-state index in [1.54, 1.807) is 70.7 Å². The molecule has 30 heavy (non-hydrogen) atoms. The Morgan fingerprint density at radius 2 is 1.87 bits per heavy atom. The van der Waals surface area contributed by atoms with E-state index in [0.29, 0.717) is 40.5 Å². The summed E-state index contributed by atoms with van der Waals surface area (Å²) in [5.41, 5.74) is 2.52. The highest BCUT2D eigenvalue weighted by atomic mass is 16.5. The van der Waals surface area contributed by atoms with Crippen molar-refractivity contribution in [3.05, 3.63) is 46.8 Å². The summed E-state index contributed by atoms with van der Waals surface area (Å²) in [6.45, 7) is 7.30. The van der Waals surface area contributed by atoms with Gasteiger partial charge in [-0.2, -0.15) is 0 Å². The minimum Gasteiger partial charge on any atom is -0.497 e. The van der Waals surface area contributed by atoms with E-state index < -0.39 is 18.0 Å². The summed E-state index contributed by atoms with van der Waals surface area (Å²) in [7, 11) is 4.56. The van der Waals surface area contributed by atoms with Crippen LogP contribution >= 0.6 is 0 Å². The number of rotatable bonds is 7.